The van der Waals surface area contributed by atoms with E-state index < -0.39 is 22.6 Å². The van der Waals surface area contributed by atoms with E-state index in [2.05, 4.69) is 12.2 Å². The third-order valence-electron chi connectivity index (χ3n) is 6.29. The lowest BCUT2D eigenvalue weighted by atomic mass is 9.66. The van der Waals surface area contributed by atoms with Gasteiger partial charge in [0.15, 0.2) is 0 Å². The molecule has 3 saturated heterocycles. The zero-order chi connectivity index (χ0) is 20.6. The average Bonchev–Trinajstić information content (AvgIpc) is 3.19. The second kappa shape index (κ2) is 8.22. The quantitative estimate of drug-likeness (QED) is 0.459. The molecule has 3 fully saturated rings. The van der Waals surface area contributed by atoms with Gasteiger partial charge >= 0.3 is 5.97 Å². The molecule has 3 heterocycles. The Kier molecular flexibility index (Phi) is 6.29. The number of fused-ring (bicyclic) bond motifs is 1. The third-order valence-corrected chi connectivity index (χ3v) is 8.37. The largest absolute Gasteiger partial charge is 0.466 e. The summed E-state index contributed by atoms with van der Waals surface area (Å²) in [6.07, 6.45) is 2.02. The van der Waals surface area contributed by atoms with Crippen molar-refractivity contribution in [3.05, 3.63) is 0 Å². The van der Waals surface area contributed by atoms with Crippen LogP contribution >= 0.6 is 11.8 Å². The number of aliphatic hydroxyl groups is 1. The highest BCUT2D eigenvalue weighted by atomic mass is 32.2. The Morgan fingerprint density at radius 2 is 2.11 bits per heavy atom. The Hall–Kier alpha value is -1.28. The molecule has 7 nitrogen and oxygen atoms in total. The molecule has 3 unspecified atom stereocenters. The van der Waals surface area contributed by atoms with Gasteiger partial charge in [0.05, 0.1) is 23.2 Å². The van der Waals surface area contributed by atoms with Crippen LogP contribution in [0.2, 0.25) is 0 Å². The number of carbonyl (C=O) groups excluding carboxylic acids is 3. The summed E-state index contributed by atoms with van der Waals surface area (Å²) >= 11 is 1.66. The monoisotopic (exact) mass is 412 g/mol. The predicted molar refractivity (Wildman–Crippen MR) is 107 cm³/mol. The van der Waals surface area contributed by atoms with Crippen molar-refractivity contribution in [2.75, 3.05) is 19.8 Å². The fourth-order valence-electron chi connectivity index (χ4n) is 5.32. The summed E-state index contributed by atoms with van der Waals surface area (Å²) in [4.78, 5) is 41.1. The van der Waals surface area contributed by atoms with E-state index in [0.29, 0.717) is 19.4 Å². The van der Waals surface area contributed by atoms with Crippen LogP contribution in [0.3, 0.4) is 0 Å². The van der Waals surface area contributed by atoms with Crippen LogP contribution in [-0.4, -0.2) is 69.6 Å². The number of likely N-dealkylation sites (tertiary alicyclic amines) is 1. The molecule has 0 aromatic heterocycles. The van der Waals surface area contributed by atoms with Crippen molar-refractivity contribution in [2.24, 2.45) is 17.8 Å². The summed E-state index contributed by atoms with van der Waals surface area (Å²) in [6, 6.07) is -0.618. The second-order valence-corrected chi connectivity index (χ2v) is 9.98. The number of nitrogens with one attached hydrogen (secondary N) is 1. The van der Waals surface area contributed by atoms with E-state index in [0.717, 1.165) is 6.42 Å². The molecule has 0 aliphatic carbocycles. The van der Waals surface area contributed by atoms with Crippen LogP contribution in [0.25, 0.3) is 0 Å². The Morgan fingerprint density at radius 1 is 1.39 bits per heavy atom. The molecule has 2 amide bonds. The van der Waals surface area contributed by atoms with E-state index in [1.165, 1.54) is 0 Å². The molecule has 158 valence electrons. The summed E-state index contributed by atoms with van der Waals surface area (Å²) in [5, 5.41) is 12.2. The molecule has 0 saturated carbocycles. The van der Waals surface area contributed by atoms with Crippen LogP contribution in [0.5, 0.6) is 0 Å². The number of hydrogen-bond acceptors (Lipinski definition) is 6. The molecular formula is C20H32N2O5S. The third kappa shape index (κ3) is 3.22. The summed E-state index contributed by atoms with van der Waals surface area (Å²) in [5.74, 6) is -1.39. The smallest absolute Gasteiger partial charge is 0.310 e. The van der Waals surface area contributed by atoms with Crippen LogP contribution in [-0.2, 0) is 19.1 Å². The molecule has 3 rings (SSSR count). The van der Waals surface area contributed by atoms with E-state index in [1.807, 2.05) is 13.8 Å². The first-order chi connectivity index (χ1) is 13.3. The zero-order valence-corrected chi connectivity index (χ0v) is 18.0. The van der Waals surface area contributed by atoms with Crippen LogP contribution in [0.1, 0.15) is 47.0 Å². The Morgan fingerprint density at radius 3 is 2.71 bits per heavy atom. The number of nitrogens with zero attached hydrogens (tertiary/aromatic N) is 1. The first kappa shape index (κ1) is 21.4. The summed E-state index contributed by atoms with van der Waals surface area (Å²) in [5.41, 5.74) is 0. The molecule has 2 N–H and O–H groups in total. The van der Waals surface area contributed by atoms with Crippen LogP contribution in [0.15, 0.2) is 0 Å². The van der Waals surface area contributed by atoms with Crippen LogP contribution in [0.4, 0.5) is 0 Å². The average molecular weight is 413 g/mol. The molecule has 0 radical (unpaired) electrons. The summed E-state index contributed by atoms with van der Waals surface area (Å²) in [7, 11) is 0. The number of ether oxygens (including phenoxy) is 1. The van der Waals surface area contributed by atoms with Crippen molar-refractivity contribution >= 4 is 29.5 Å². The normalized spacial score (nSPS) is 36.1. The fourth-order valence-corrected chi connectivity index (χ4v) is 7.73. The SMILES string of the molecule is CCOC(=O)[C@@H]1[C@H]2C(=O)N(CCCCO)C(C(=O)NC(C)C)C23S[C@@H]1CC3C. The Balaban J connectivity index is 1.99. The maximum Gasteiger partial charge on any atom is 0.310 e. The number of aliphatic hydroxyl groups excluding tert-OH is 1. The fraction of sp³-hybridized carbons (Fsp3) is 0.850. The van der Waals surface area contributed by atoms with Gasteiger partial charge in [-0.05, 0) is 46.0 Å². The highest BCUT2D eigenvalue weighted by Gasteiger charge is 2.76. The molecule has 3 aliphatic rings. The lowest BCUT2D eigenvalue weighted by Gasteiger charge is -2.38. The lowest BCUT2D eigenvalue weighted by Crippen LogP contribution is -2.57. The van der Waals surface area contributed by atoms with Gasteiger partial charge in [0.2, 0.25) is 11.8 Å². The molecule has 28 heavy (non-hydrogen) atoms. The van der Waals surface area contributed by atoms with Crippen molar-refractivity contribution in [2.45, 2.75) is 69.0 Å². The number of rotatable bonds is 8. The zero-order valence-electron chi connectivity index (χ0n) is 17.1. The van der Waals surface area contributed by atoms with Gasteiger partial charge in [-0.25, -0.2) is 0 Å². The standard InChI is InChI=1S/C20H32N2O5S/c1-5-27-19(26)14-13-10-12(4)20(28-13)15(14)18(25)22(8-6-7-9-23)16(20)17(24)21-11(2)3/h11-16,23H,5-10H2,1-4H3,(H,21,24)/t12?,13-,14+,15+,16?,20?/m1/s1. The lowest BCUT2D eigenvalue weighted by molar-refractivity contribution is -0.154. The summed E-state index contributed by atoms with van der Waals surface area (Å²) in [6.45, 7) is 8.44. The first-order valence-electron chi connectivity index (χ1n) is 10.4. The van der Waals surface area contributed by atoms with Gasteiger partial charge in [0, 0.05) is 24.4 Å². The highest BCUT2D eigenvalue weighted by Crippen LogP contribution is 2.68. The van der Waals surface area contributed by atoms with Crippen LogP contribution in [0, 0.1) is 17.8 Å². The maximum atomic E-state index is 13.5. The van der Waals surface area contributed by atoms with Gasteiger partial charge in [-0.1, -0.05) is 6.92 Å². The first-order valence-corrected chi connectivity index (χ1v) is 11.2. The van der Waals surface area contributed by atoms with E-state index >= 15 is 0 Å². The van der Waals surface area contributed by atoms with Gasteiger partial charge in [-0.3, -0.25) is 14.4 Å². The van der Waals surface area contributed by atoms with Crippen molar-refractivity contribution < 1.29 is 24.2 Å². The van der Waals surface area contributed by atoms with Gasteiger partial charge in [-0.2, -0.15) is 0 Å². The second-order valence-electron chi connectivity index (χ2n) is 8.43. The van der Waals surface area contributed by atoms with Gasteiger partial charge in [0.25, 0.3) is 0 Å². The van der Waals surface area contributed by atoms with Crippen LogP contribution < -0.4 is 5.32 Å². The molecule has 3 aliphatic heterocycles. The molecule has 0 aromatic carbocycles. The molecular weight excluding hydrogens is 380 g/mol. The molecule has 0 aromatic rings. The van der Waals surface area contributed by atoms with Crippen molar-refractivity contribution in [1.82, 2.24) is 10.2 Å². The Labute approximate surface area is 170 Å². The van der Waals surface area contributed by atoms with E-state index in [9.17, 15) is 14.4 Å². The molecule has 8 heteroatoms. The Bertz CT molecular complexity index is 642. The molecule has 1 spiro atoms. The highest BCUT2D eigenvalue weighted by molar-refractivity contribution is 8.02. The van der Waals surface area contributed by atoms with E-state index in [-0.39, 0.29) is 48.2 Å². The number of amides is 2. The minimum atomic E-state index is -0.587. The minimum absolute atomic E-state index is 0.0249. The molecule has 6 atom stereocenters. The number of thioether (sulfide) groups is 1. The number of esters is 1. The van der Waals surface area contributed by atoms with Gasteiger partial charge in [-0.15, -0.1) is 11.8 Å². The van der Waals surface area contributed by atoms with Crippen molar-refractivity contribution in [3.8, 4) is 0 Å². The van der Waals surface area contributed by atoms with E-state index in [4.69, 9.17) is 9.84 Å². The summed E-state index contributed by atoms with van der Waals surface area (Å²) < 4.78 is 4.72. The van der Waals surface area contributed by atoms with Gasteiger partial charge in [0.1, 0.15) is 6.04 Å². The topological polar surface area (TPSA) is 95.9 Å². The van der Waals surface area contributed by atoms with Crippen molar-refractivity contribution in [1.29, 1.82) is 0 Å². The number of hydrogen-bond donors (Lipinski definition) is 2. The van der Waals surface area contributed by atoms with Gasteiger partial charge < -0.3 is 20.1 Å². The minimum Gasteiger partial charge on any atom is -0.466 e. The van der Waals surface area contributed by atoms with E-state index in [1.54, 1.807) is 23.6 Å². The number of carbonyl (C=O) groups is 3. The predicted octanol–water partition coefficient (Wildman–Crippen LogP) is 1.18. The number of unbranched alkanes of at least 4 members (excludes halogenated alkanes) is 1. The van der Waals surface area contributed by atoms with Crippen molar-refractivity contribution in [3.63, 3.8) is 0 Å². The maximum absolute atomic E-state index is 13.5. The molecule has 2 bridgehead atoms.